The second-order valence-corrected chi connectivity index (χ2v) is 11.6. The molecule has 6 rings (SSSR count). The van der Waals surface area contributed by atoms with Gasteiger partial charge in [-0.1, -0.05) is 26.0 Å². The third-order valence-corrected chi connectivity index (χ3v) is 9.46. The fourth-order valence-electron chi connectivity index (χ4n) is 7.12. The molecule has 1 aromatic heterocycles. The average Bonchev–Trinajstić information content (AvgIpc) is 3.47. The summed E-state index contributed by atoms with van der Waals surface area (Å²) in [7, 11) is 0. The molecule has 0 saturated carbocycles. The topological polar surface area (TPSA) is 112 Å². The number of fused-ring (bicyclic) bond motifs is 3. The van der Waals surface area contributed by atoms with E-state index in [0.29, 0.717) is 37.2 Å². The van der Waals surface area contributed by atoms with Crippen LogP contribution in [0.2, 0.25) is 0 Å². The molecule has 0 unspecified atom stereocenters. The average molecular weight is 575 g/mol. The molecule has 3 aromatic rings. The molecule has 2 aliphatic heterocycles. The molecule has 0 radical (unpaired) electrons. The Labute approximate surface area is 242 Å². The van der Waals surface area contributed by atoms with Gasteiger partial charge < -0.3 is 20.6 Å². The lowest BCUT2D eigenvalue weighted by Gasteiger charge is -2.48. The molecule has 8 nitrogen and oxygen atoms in total. The highest BCUT2D eigenvalue weighted by Gasteiger charge is 2.52. The summed E-state index contributed by atoms with van der Waals surface area (Å²) >= 11 is 0. The molecule has 10 heteroatoms. The standard InChI is InChI=1S/C32H32F2N4O4/c1-3-31(4-2)26(39)14-25(19-10-21(33)13-22(34)11-19)38(30(31)42)17-27(40)36-23-8-7-18-15-32(16-20(18)12-23)24-6-5-9-35-28(24)37-29(32)41/h5-13,25-26,39H,3-4,14-17H2,1-2H3,(H,36,40)(H,35,37,41)/t25-,26-,32-/m1/s1. The van der Waals surface area contributed by atoms with Gasteiger partial charge in [0.05, 0.1) is 23.0 Å². The van der Waals surface area contributed by atoms with E-state index in [0.717, 1.165) is 34.9 Å². The van der Waals surface area contributed by atoms with Crippen molar-refractivity contribution in [3.8, 4) is 0 Å². The monoisotopic (exact) mass is 574 g/mol. The number of amides is 3. The SMILES string of the molecule is CCC1(CC)C(=O)N(CC(=O)Nc2ccc3c(c2)C[C@@]2(C3)C(=O)Nc3ncccc32)[C@@H](c2cc(F)cc(F)c2)C[C@H]1O. The van der Waals surface area contributed by atoms with Crippen LogP contribution in [-0.4, -0.2) is 45.4 Å². The number of nitrogens with one attached hydrogen (secondary N) is 2. The Morgan fingerprint density at radius 1 is 1.07 bits per heavy atom. The Morgan fingerprint density at radius 3 is 2.50 bits per heavy atom. The van der Waals surface area contributed by atoms with Crippen LogP contribution in [-0.2, 0) is 32.6 Å². The van der Waals surface area contributed by atoms with Crippen molar-refractivity contribution in [1.29, 1.82) is 0 Å². The fourth-order valence-corrected chi connectivity index (χ4v) is 7.12. The third-order valence-electron chi connectivity index (χ3n) is 9.46. The number of halogens is 2. The molecule has 3 N–H and O–H groups in total. The van der Waals surface area contributed by atoms with Crippen LogP contribution in [0, 0.1) is 17.0 Å². The highest BCUT2D eigenvalue weighted by molar-refractivity contribution is 6.06. The molecule has 3 amide bonds. The van der Waals surface area contributed by atoms with E-state index in [4.69, 9.17) is 0 Å². The zero-order chi connectivity index (χ0) is 29.8. The lowest BCUT2D eigenvalue weighted by molar-refractivity contribution is -0.165. The summed E-state index contributed by atoms with van der Waals surface area (Å²) in [5.74, 6) is -2.04. The first-order chi connectivity index (χ1) is 20.1. The number of aromatic nitrogens is 1. The quantitative estimate of drug-likeness (QED) is 0.404. The molecule has 0 bridgehead atoms. The summed E-state index contributed by atoms with van der Waals surface area (Å²) in [6.45, 7) is 3.25. The minimum absolute atomic E-state index is 0.0446. The van der Waals surface area contributed by atoms with Crippen LogP contribution >= 0.6 is 0 Å². The minimum atomic E-state index is -1.10. The summed E-state index contributed by atoms with van der Waals surface area (Å²) in [5, 5.41) is 16.8. The van der Waals surface area contributed by atoms with E-state index >= 15 is 0 Å². The number of aliphatic hydroxyl groups is 1. The van der Waals surface area contributed by atoms with Gasteiger partial charge in [-0.25, -0.2) is 13.8 Å². The van der Waals surface area contributed by atoms with Gasteiger partial charge in [0.1, 0.15) is 24.0 Å². The summed E-state index contributed by atoms with van der Waals surface area (Å²) in [4.78, 5) is 45.9. The van der Waals surface area contributed by atoms with Gasteiger partial charge in [-0.05, 0) is 79.1 Å². The van der Waals surface area contributed by atoms with Crippen LogP contribution in [0.25, 0.3) is 0 Å². The van der Waals surface area contributed by atoms with Gasteiger partial charge in [0, 0.05) is 23.5 Å². The lowest BCUT2D eigenvalue weighted by Crippen LogP contribution is -2.58. The number of nitrogens with zero attached hydrogens (tertiary/aromatic N) is 2. The summed E-state index contributed by atoms with van der Waals surface area (Å²) in [6, 6.07) is 11.3. The predicted molar refractivity (Wildman–Crippen MR) is 151 cm³/mol. The van der Waals surface area contributed by atoms with Gasteiger partial charge in [0.25, 0.3) is 0 Å². The van der Waals surface area contributed by atoms with E-state index in [1.807, 2.05) is 24.3 Å². The van der Waals surface area contributed by atoms with Crippen molar-refractivity contribution < 1.29 is 28.3 Å². The van der Waals surface area contributed by atoms with Crippen LogP contribution in [0.15, 0.2) is 54.7 Å². The van der Waals surface area contributed by atoms with Crippen molar-refractivity contribution in [2.24, 2.45) is 5.41 Å². The molecule has 1 saturated heterocycles. The Hall–Kier alpha value is -4.18. The summed E-state index contributed by atoms with van der Waals surface area (Å²) in [5.41, 5.74) is 1.64. The number of piperidine rings is 1. The highest BCUT2D eigenvalue weighted by atomic mass is 19.1. The van der Waals surface area contributed by atoms with Crippen LogP contribution < -0.4 is 10.6 Å². The van der Waals surface area contributed by atoms with Crippen molar-refractivity contribution in [3.05, 3.63) is 88.6 Å². The third kappa shape index (κ3) is 4.36. The van der Waals surface area contributed by atoms with Crippen LogP contribution in [0.4, 0.5) is 20.3 Å². The molecule has 2 aromatic carbocycles. The first kappa shape index (κ1) is 28.0. The predicted octanol–water partition coefficient (Wildman–Crippen LogP) is 4.43. The molecule has 3 aliphatic rings. The first-order valence-electron chi connectivity index (χ1n) is 14.2. The number of carbonyl (C=O) groups excluding carboxylic acids is 3. The maximum Gasteiger partial charge on any atom is 0.244 e. The van der Waals surface area contributed by atoms with Gasteiger partial charge in [-0.3, -0.25) is 14.4 Å². The van der Waals surface area contributed by atoms with Crippen molar-refractivity contribution in [2.45, 2.75) is 63.5 Å². The summed E-state index contributed by atoms with van der Waals surface area (Å²) < 4.78 is 28.3. The van der Waals surface area contributed by atoms with Gasteiger partial charge in [-0.2, -0.15) is 0 Å². The normalized spacial score (nSPS) is 24.0. The van der Waals surface area contributed by atoms with Gasteiger partial charge in [-0.15, -0.1) is 0 Å². The number of hydrogen-bond donors (Lipinski definition) is 3. The van der Waals surface area contributed by atoms with Crippen molar-refractivity contribution in [3.63, 3.8) is 0 Å². The molecule has 42 heavy (non-hydrogen) atoms. The van der Waals surface area contributed by atoms with Crippen molar-refractivity contribution in [2.75, 3.05) is 17.2 Å². The molecule has 1 spiro atoms. The Morgan fingerprint density at radius 2 is 1.79 bits per heavy atom. The number of carbonyl (C=O) groups is 3. The molecular weight excluding hydrogens is 542 g/mol. The Kier molecular flexibility index (Phi) is 6.84. The maximum atomic E-state index is 14.2. The number of hydrogen-bond acceptors (Lipinski definition) is 5. The van der Waals surface area contributed by atoms with E-state index in [1.54, 1.807) is 26.1 Å². The Bertz CT molecular complexity index is 1590. The first-order valence-corrected chi connectivity index (χ1v) is 14.2. The van der Waals surface area contributed by atoms with E-state index in [1.165, 1.54) is 4.90 Å². The number of likely N-dealkylation sites (tertiary alicyclic amines) is 1. The second-order valence-electron chi connectivity index (χ2n) is 11.6. The summed E-state index contributed by atoms with van der Waals surface area (Å²) in [6.07, 6.45) is 2.34. The van der Waals surface area contributed by atoms with Crippen LogP contribution in [0.5, 0.6) is 0 Å². The number of aliphatic hydroxyl groups excluding tert-OH is 1. The highest BCUT2D eigenvalue weighted by Crippen LogP contribution is 2.47. The van der Waals surface area contributed by atoms with Crippen molar-refractivity contribution >= 4 is 29.2 Å². The molecule has 3 heterocycles. The fraction of sp³-hybridized carbons (Fsp3) is 0.375. The number of benzene rings is 2. The van der Waals surface area contributed by atoms with E-state index in [2.05, 4.69) is 15.6 Å². The van der Waals surface area contributed by atoms with Crippen LogP contribution in [0.3, 0.4) is 0 Å². The van der Waals surface area contributed by atoms with E-state index in [9.17, 15) is 28.3 Å². The second kappa shape index (κ2) is 10.3. The minimum Gasteiger partial charge on any atom is -0.392 e. The number of rotatable bonds is 6. The van der Waals surface area contributed by atoms with Gasteiger partial charge >= 0.3 is 0 Å². The largest absolute Gasteiger partial charge is 0.392 e. The number of pyridine rings is 1. The smallest absolute Gasteiger partial charge is 0.244 e. The molecule has 218 valence electrons. The zero-order valence-electron chi connectivity index (χ0n) is 23.4. The molecular formula is C32H32F2N4O4. The van der Waals surface area contributed by atoms with Crippen LogP contribution in [0.1, 0.15) is 61.4 Å². The lowest BCUT2D eigenvalue weighted by atomic mass is 9.69. The maximum absolute atomic E-state index is 14.2. The van der Waals surface area contributed by atoms with Gasteiger partial charge in [0.2, 0.25) is 17.7 Å². The van der Waals surface area contributed by atoms with E-state index in [-0.39, 0.29) is 24.4 Å². The Balaban J connectivity index is 1.25. The van der Waals surface area contributed by atoms with E-state index < -0.39 is 46.4 Å². The zero-order valence-corrected chi connectivity index (χ0v) is 23.4. The molecule has 1 fully saturated rings. The van der Waals surface area contributed by atoms with Crippen molar-refractivity contribution in [1.82, 2.24) is 9.88 Å². The number of anilines is 2. The molecule has 1 aliphatic carbocycles. The van der Waals surface area contributed by atoms with Gasteiger partial charge in [0.15, 0.2) is 0 Å². The molecule has 3 atom stereocenters.